The topological polar surface area (TPSA) is 132 Å². The molecular weight excluding hydrogens is 462 g/mol. The van der Waals surface area contributed by atoms with Crippen LogP contribution in [0.5, 0.6) is 0 Å². The molecule has 0 saturated heterocycles. The lowest BCUT2D eigenvalue weighted by Crippen LogP contribution is -2.16. The number of aryl methyl sites for hydroxylation is 1. The number of thioether (sulfide) groups is 1. The molecule has 11 heteroatoms. The second-order valence-electron chi connectivity index (χ2n) is 7.17. The molecule has 9 nitrogen and oxygen atoms in total. The normalized spacial score (nSPS) is 10.7. The van der Waals surface area contributed by atoms with Gasteiger partial charge < -0.3 is 16.4 Å². The van der Waals surface area contributed by atoms with Crippen molar-refractivity contribution in [3.05, 3.63) is 74.8 Å². The molecule has 0 atom stereocenters. The zero-order valence-electron chi connectivity index (χ0n) is 18.0. The molecule has 3 rings (SSSR count). The molecule has 2 aromatic carbocycles. The van der Waals surface area contributed by atoms with Crippen molar-refractivity contribution in [1.82, 2.24) is 15.0 Å². The van der Waals surface area contributed by atoms with E-state index >= 15 is 0 Å². The van der Waals surface area contributed by atoms with Gasteiger partial charge >= 0.3 is 0 Å². The minimum Gasteiger partial charge on any atom is -0.354 e. The molecule has 0 bridgehead atoms. The van der Waals surface area contributed by atoms with Gasteiger partial charge in [-0.2, -0.15) is 15.0 Å². The van der Waals surface area contributed by atoms with Crippen LogP contribution in [0.3, 0.4) is 0 Å². The molecule has 1 heterocycles. The number of nitro groups is 1. The van der Waals surface area contributed by atoms with E-state index in [1.807, 2.05) is 30.3 Å². The van der Waals surface area contributed by atoms with E-state index in [1.165, 1.54) is 17.8 Å². The van der Waals surface area contributed by atoms with Crippen molar-refractivity contribution >= 4 is 40.9 Å². The molecule has 0 amide bonds. The van der Waals surface area contributed by atoms with Crippen LogP contribution in [-0.2, 0) is 12.2 Å². The average Bonchev–Trinajstić information content (AvgIpc) is 2.82. The van der Waals surface area contributed by atoms with E-state index in [0.717, 1.165) is 24.0 Å². The van der Waals surface area contributed by atoms with Crippen molar-refractivity contribution < 1.29 is 4.92 Å². The van der Waals surface area contributed by atoms with Gasteiger partial charge in [-0.15, -0.1) is 0 Å². The quantitative estimate of drug-likeness (QED) is 0.137. The second kappa shape index (κ2) is 12.9. The number of aromatic nitrogens is 3. The zero-order valence-corrected chi connectivity index (χ0v) is 19.6. The van der Waals surface area contributed by atoms with Crippen LogP contribution >= 0.6 is 23.4 Å². The first kappa shape index (κ1) is 24.7. The molecule has 0 saturated carbocycles. The molecule has 4 N–H and O–H groups in total. The number of anilines is 2. The lowest BCUT2D eigenvalue weighted by atomic mass is 10.1. The number of benzene rings is 2. The number of hydrogen-bond acceptors (Lipinski definition) is 9. The first-order valence-electron chi connectivity index (χ1n) is 10.6. The molecule has 174 valence electrons. The number of nitro benzene ring substituents is 1. The Bertz CT molecular complexity index is 1050. The SMILES string of the molecule is NCCNc1nc(NCCCCc2ccccc2[N+](=O)[O-])nc(SCc2ccc(Cl)cc2)n1. The van der Waals surface area contributed by atoms with Gasteiger partial charge in [0.2, 0.25) is 11.9 Å². The molecule has 0 radical (unpaired) electrons. The number of para-hydroxylation sites is 1. The Morgan fingerprint density at radius 1 is 0.970 bits per heavy atom. The number of rotatable bonds is 13. The van der Waals surface area contributed by atoms with Crippen LogP contribution < -0.4 is 16.4 Å². The van der Waals surface area contributed by atoms with Crippen LogP contribution in [0.1, 0.15) is 24.0 Å². The fourth-order valence-corrected chi connectivity index (χ4v) is 3.95. The van der Waals surface area contributed by atoms with E-state index in [9.17, 15) is 10.1 Å². The summed E-state index contributed by atoms with van der Waals surface area (Å²) in [5.41, 5.74) is 7.61. The molecular formula is C22H26ClN7O2S. The van der Waals surface area contributed by atoms with Crippen LogP contribution in [0.25, 0.3) is 0 Å². The highest BCUT2D eigenvalue weighted by Gasteiger charge is 2.12. The number of nitrogens with two attached hydrogens (primary N) is 1. The maximum absolute atomic E-state index is 11.1. The van der Waals surface area contributed by atoms with E-state index in [1.54, 1.807) is 12.1 Å². The summed E-state index contributed by atoms with van der Waals surface area (Å²) in [5, 5.41) is 18.8. The Kier molecular flexibility index (Phi) is 9.67. The zero-order chi connectivity index (χ0) is 23.5. The van der Waals surface area contributed by atoms with E-state index in [2.05, 4.69) is 25.6 Å². The summed E-state index contributed by atoms with van der Waals surface area (Å²) in [6.45, 7) is 1.66. The monoisotopic (exact) mass is 487 g/mol. The third-order valence-corrected chi connectivity index (χ3v) is 5.84. The van der Waals surface area contributed by atoms with Gasteiger partial charge in [0.1, 0.15) is 0 Å². The predicted molar refractivity (Wildman–Crippen MR) is 133 cm³/mol. The van der Waals surface area contributed by atoms with Crippen molar-refractivity contribution in [2.75, 3.05) is 30.3 Å². The smallest absolute Gasteiger partial charge is 0.272 e. The molecule has 33 heavy (non-hydrogen) atoms. The molecule has 3 aromatic rings. The van der Waals surface area contributed by atoms with Gasteiger partial charge in [0.05, 0.1) is 4.92 Å². The second-order valence-corrected chi connectivity index (χ2v) is 8.54. The van der Waals surface area contributed by atoms with Gasteiger partial charge in [0.25, 0.3) is 5.69 Å². The summed E-state index contributed by atoms with van der Waals surface area (Å²) >= 11 is 7.46. The van der Waals surface area contributed by atoms with E-state index in [0.29, 0.717) is 53.9 Å². The molecule has 0 unspecified atom stereocenters. The fourth-order valence-electron chi connectivity index (χ4n) is 3.03. The predicted octanol–water partition coefficient (Wildman–Crippen LogP) is 4.53. The third kappa shape index (κ3) is 8.16. The number of nitrogens with zero attached hydrogens (tertiary/aromatic N) is 4. The number of hydrogen-bond donors (Lipinski definition) is 3. The Hall–Kier alpha value is -2.95. The Morgan fingerprint density at radius 3 is 2.36 bits per heavy atom. The van der Waals surface area contributed by atoms with E-state index in [4.69, 9.17) is 17.3 Å². The van der Waals surface area contributed by atoms with Crippen LogP contribution in [0, 0.1) is 10.1 Å². The van der Waals surface area contributed by atoms with E-state index < -0.39 is 0 Å². The van der Waals surface area contributed by atoms with Gasteiger partial charge in [-0.1, -0.05) is 53.7 Å². The summed E-state index contributed by atoms with van der Waals surface area (Å²) in [6.07, 6.45) is 2.26. The Morgan fingerprint density at radius 2 is 1.67 bits per heavy atom. The van der Waals surface area contributed by atoms with Crippen molar-refractivity contribution in [1.29, 1.82) is 0 Å². The van der Waals surface area contributed by atoms with Crippen molar-refractivity contribution in [3.63, 3.8) is 0 Å². The van der Waals surface area contributed by atoms with E-state index in [-0.39, 0.29) is 10.6 Å². The number of halogens is 1. The van der Waals surface area contributed by atoms with Gasteiger partial charge in [-0.05, 0) is 37.0 Å². The van der Waals surface area contributed by atoms with Gasteiger partial charge in [0, 0.05) is 42.0 Å². The van der Waals surface area contributed by atoms with Gasteiger partial charge in [-0.3, -0.25) is 10.1 Å². The van der Waals surface area contributed by atoms with Crippen LogP contribution in [0.2, 0.25) is 5.02 Å². The summed E-state index contributed by atoms with van der Waals surface area (Å²) in [4.78, 5) is 24.2. The number of nitrogens with one attached hydrogen (secondary N) is 2. The highest BCUT2D eigenvalue weighted by atomic mass is 35.5. The minimum atomic E-state index is -0.336. The molecule has 0 spiro atoms. The van der Waals surface area contributed by atoms with Crippen molar-refractivity contribution in [2.24, 2.45) is 5.73 Å². The Balaban J connectivity index is 1.55. The standard InChI is InChI=1S/C22H26ClN7O2S/c23-18-10-8-16(9-11-18)15-33-22-28-20(27-21(29-22)26-14-12-24)25-13-4-3-6-17-5-1-2-7-19(17)30(31)32/h1-2,5,7-11H,3-4,6,12-15,24H2,(H2,25,26,27,28,29). The third-order valence-electron chi connectivity index (χ3n) is 4.67. The molecule has 0 aliphatic heterocycles. The fraction of sp³-hybridized carbons (Fsp3) is 0.318. The first-order chi connectivity index (χ1) is 16.0. The van der Waals surface area contributed by atoms with Crippen LogP contribution in [-0.4, -0.2) is 39.5 Å². The average molecular weight is 488 g/mol. The molecule has 0 aliphatic rings. The minimum absolute atomic E-state index is 0.168. The van der Waals surface area contributed by atoms with Crippen LogP contribution in [0.15, 0.2) is 53.7 Å². The maximum Gasteiger partial charge on any atom is 0.272 e. The number of unbranched alkanes of at least 4 members (excludes halogenated alkanes) is 1. The highest BCUT2D eigenvalue weighted by molar-refractivity contribution is 7.98. The summed E-state index contributed by atoms with van der Waals surface area (Å²) in [7, 11) is 0. The highest BCUT2D eigenvalue weighted by Crippen LogP contribution is 2.23. The van der Waals surface area contributed by atoms with Gasteiger partial charge in [0.15, 0.2) is 5.16 Å². The lowest BCUT2D eigenvalue weighted by Gasteiger charge is -2.10. The maximum atomic E-state index is 11.1. The summed E-state index contributed by atoms with van der Waals surface area (Å²) in [6, 6.07) is 14.5. The van der Waals surface area contributed by atoms with Gasteiger partial charge in [-0.25, -0.2) is 0 Å². The molecule has 0 aliphatic carbocycles. The van der Waals surface area contributed by atoms with Crippen LogP contribution in [0.4, 0.5) is 17.6 Å². The molecule has 0 fully saturated rings. The first-order valence-corrected chi connectivity index (χ1v) is 11.9. The Labute approximate surface area is 201 Å². The van der Waals surface area contributed by atoms with Crippen molar-refractivity contribution in [3.8, 4) is 0 Å². The van der Waals surface area contributed by atoms with Crippen molar-refractivity contribution in [2.45, 2.75) is 30.2 Å². The largest absolute Gasteiger partial charge is 0.354 e. The summed E-state index contributed by atoms with van der Waals surface area (Å²) in [5.74, 6) is 1.65. The lowest BCUT2D eigenvalue weighted by molar-refractivity contribution is -0.385. The molecule has 1 aromatic heterocycles. The summed E-state index contributed by atoms with van der Waals surface area (Å²) < 4.78 is 0.